The quantitative estimate of drug-likeness (QED) is 0.650. The second-order valence-electron chi connectivity index (χ2n) is 6.89. The maximum absolute atomic E-state index is 12.7. The monoisotopic (exact) mass is 370 g/mol. The Balaban J connectivity index is 1.44. The second kappa shape index (κ2) is 7.29. The maximum atomic E-state index is 12.7. The van der Waals surface area contributed by atoms with E-state index in [0.29, 0.717) is 24.5 Å². The number of nitrogens with zero attached hydrogens (tertiary/aromatic N) is 8. The smallest absolute Gasteiger partial charge is 0.228 e. The van der Waals surface area contributed by atoms with E-state index in [1.807, 2.05) is 33.5 Å². The van der Waals surface area contributed by atoms with Crippen molar-refractivity contribution in [2.75, 3.05) is 13.1 Å². The van der Waals surface area contributed by atoms with Crippen molar-refractivity contribution in [3.63, 3.8) is 0 Å². The number of carbonyl (C=O) groups excluding carboxylic acids is 1. The summed E-state index contributed by atoms with van der Waals surface area (Å²) < 4.78 is 8.52. The first kappa shape index (κ1) is 17.4. The Kier molecular flexibility index (Phi) is 4.69. The van der Waals surface area contributed by atoms with Crippen molar-refractivity contribution in [1.29, 1.82) is 0 Å². The molecule has 0 radical (unpaired) electrons. The van der Waals surface area contributed by atoms with Crippen molar-refractivity contribution in [1.82, 2.24) is 39.8 Å². The van der Waals surface area contributed by atoms with Crippen LogP contribution in [0.15, 0.2) is 23.1 Å². The van der Waals surface area contributed by atoms with Crippen LogP contribution in [0.5, 0.6) is 0 Å². The molecule has 1 aliphatic heterocycles. The molecule has 10 nitrogen and oxygen atoms in total. The van der Waals surface area contributed by atoms with Gasteiger partial charge >= 0.3 is 0 Å². The molecule has 1 atom stereocenters. The number of likely N-dealkylation sites (tertiary alicyclic amines) is 1. The average Bonchev–Trinajstić information content (AvgIpc) is 3.40. The van der Waals surface area contributed by atoms with Gasteiger partial charge in [0.2, 0.25) is 5.91 Å². The molecule has 0 saturated carbocycles. The van der Waals surface area contributed by atoms with Gasteiger partial charge in [0, 0.05) is 38.4 Å². The highest BCUT2D eigenvalue weighted by molar-refractivity contribution is 5.78. The van der Waals surface area contributed by atoms with Gasteiger partial charge in [0.15, 0.2) is 5.82 Å². The van der Waals surface area contributed by atoms with E-state index in [2.05, 4.69) is 30.2 Å². The van der Waals surface area contributed by atoms with Gasteiger partial charge in [-0.05, 0) is 25.8 Å². The number of hydrogen-bond donors (Lipinski definition) is 0. The molecule has 4 rings (SSSR count). The van der Waals surface area contributed by atoms with Crippen molar-refractivity contribution >= 4 is 5.91 Å². The predicted molar refractivity (Wildman–Crippen MR) is 93.6 cm³/mol. The van der Waals surface area contributed by atoms with Gasteiger partial charge in [0.1, 0.15) is 23.8 Å². The van der Waals surface area contributed by atoms with E-state index in [1.54, 1.807) is 13.1 Å². The van der Waals surface area contributed by atoms with Crippen LogP contribution in [0.1, 0.15) is 41.8 Å². The first-order valence-corrected chi connectivity index (χ1v) is 9.03. The molecule has 0 unspecified atom stereocenters. The predicted octanol–water partition coefficient (Wildman–Crippen LogP) is 0.700. The third-order valence-corrected chi connectivity index (χ3v) is 5.07. The summed E-state index contributed by atoms with van der Waals surface area (Å²) in [6, 6.07) is 1.88. The van der Waals surface area contributed by atoms with Crippen LogP contribution in [-0.4, -0.2) is 58.8 Å². The fourth-order valence-corrected chi connectivity index (χ4v) is 3.49. The Labute approximate surface area is 156 Å². The van der Waals surface area contributed by atoms with Gasteiger partial charge in [-0.25, -0.2) is 4.63 Å². The first-order valence-electron chi connectivity index (χ1n) is 9.03. The number of aromatic nitrogens is 7. The van der Waals surface area contributed by atoms with Gasteiger partial charge in [-0.1, -0.05) is 10.3 Å². The van der Waals surface area contributed by atoms with Crippen LogP contribution >= 0.6 is 0 Å². The summed E-state index contributed by atoms with van der Waals surface area (Å²) in [4.78, 5) is 14.5. The topological polar surface area (TPSA) is 108 Å². The fraction of sp³-hybridized carbons (Fsp3) is 0.529. The number of carbonyl (C=O) groups is 1. The largest absolute Gasteiger partial charge is 0.342 e. The standard InChI is InChI=1S/C17H22N8O2/c1-12-14(22-27-21-12)9-16(26)24-7-3-5-13(10-24)17-20-19-15(23(17)2)11-25-8-4-6-18-25/h4,6,8,13H,3,5,7,9-11H2,1-2H3/t13-/m1/s1. The zero-order valence-electron chi connectivity index (χ0n) is 15.4. The van der Waals surface area contributed by atoms with Crippen molar-refractivity contribution < 1.29 is 9.42 Å². The fourth-order valence-electron chi connectivity index (χ4n) is 3.49. The highest BCUT2D eigenvalue weighted by Crippen LogP contribution is 2.26. The number of hydrogen-bond acceptors (Lipinski definition) is 7. The van der Waals surface area contributed by atoms with E-state index in [-0.39, 0.29) is 18.2 Å². The number of aryl methyl sites for hydroxylation is 1. The maximum Gasteiger partial charge on any atom is 0.228 e. The van der Waals surface area contributed by atoms with Crippen LogP contribution in [0.25, 0.3) is 0 Å². The lowest BCUT2D eigenvalue weighted by atomic mass is 9.96. The lowest BCUT2D eigenvalue weighted by Gasteiger charge is -2.32. The Morgan fingerprint density at radius 1 is 1.33 bits per heavy atom. The first-order chi connectivity index (χ1) is 13.1. The summed E-state index contributed by atoms with van der Waals surface area (Å²) in [7, 11) is 1.97. The van der Waals surface area contributed by atoms with E-state index in [9.17, 15) is 4.79 Å². The molecule has 142 valence electrons. The molecule has 0 spiro atoms. The highest BCUT2D eigenvalue weighted by Gasteiger charge is 2.29. The van der Waals surface area contributed by atoms with E-state index >= 15 is 0 Å². The van der Waals surface area contributed by atoms with Crippen LogP contribution in [0.3, 0.4) is 0 Å². The van der Waals surface area contributed by atoms with Gasteiger partial charge in [0.05, 0.1) is 6.42 Å². The SMILES string of the molecule is Cc1nonc1CC(=O)N1CCC[C@@H](c2nnc(Cn3cccn3)n2C)C1. The average molecular weight is 370 g/mol. The minimum atomic E-state index is 0.0393. The van der Waals surface area contributed by atoms with Crippen LogP contribution < -0.4 is 0 Å². The molecule has 10 heteroatoms. The Morgan fingerprint density at radius 2 is 2.22 bits per heavy atom. The zero-order chi connectivity index (χ0) is 18.8. The summed E-state index contributed by atoms with van der Waals surface area (Å²) >= 11 is 0. The molecular weight excluding hydrogens is 348 g/mol. The number of rotatable bonds is 5. The van der Waals surface area contributed by atoms with E-state index in [0.717, 1.165) is 31.0 Å². The minimum absolute atomic E-state index is 0.0393. The number of piperidine rings is 1. The molecule has 3 aromatic heterocycles. The van der Waals surface area contributed by atoms with Gasteiger partial charge in [-0.3, -0.25) is 9.48 Å². The molecule has 27 heavy (non-hydrogen) atoms. The summed E-state index contributed by atoms with van der Waals surface area (Å²) in [5.41, 5.74) is 1.26. The molecule has 4 heterocycles. The molecule has 0 aliphatic carbocycles. The minimum Gasteiger partial charge on any atom is -0.342 e. The van der Waals surface area contributed by atoms with Crippen LogP contribution in [0, 0.1) is 6.92 Å². The molecule has 0 bridgehead atoms. The number of amides is 1. The Morgan fingerprint density at radius 3 is 2.96 bits per heavy atom. The third-order valence-electron chi connectivity index (χ3n) is 5.07. The van der Waals surface area contributed by atoms with Crippen molar-refractivity contribution in [3.8, 4) is 0 Å². The second-order valence-corrected chi connectivity index (χ2v) is 6.89. The van der Waals surface area contributed by atoms with Crippen molar-refractivity contribution in [2.24, 2.45) is 7.05 Å². The van der Waals surface area contributed by atoms with E-state index < -0.39 is 0 Å². The lowest BCUT2D eigenvalue weighted by molar-refractivity contribution is -0.131. The summed E-state index contributed by atoms with van der Waals surface area (Å²) in [6.45, 7) is 3.75. The molecule has 1 aliphatic rings. The van der Waals surface area contributed by atoms with Crippen LogP contribution in [0.4, 0.5) is 0 Å². The normalized spacial score (nSPS) is 17.4. The molecule has 1 amide bonds. The van der Waals surface area contributed by atoms with E-state index in [4.69, 9.17) is 0 Å². The Bertz CT molecular complexity index is 913. The van der Waals surface area contributed by atoms with Gasteiger partial charge in [-0.15, -0.1) is 10.2 Å². The van der Waals surface area contributed by atoms with Gasteiger partial charge < -0.3 is 9.47 Å². The van der Waals surface area contributed by atoms with E-state index in [1.165, 1.54) is 0 Å². The molecule has 3 aromatic rings. The molecule has 1 saturated heterocycles. The van der Waals surface area contributed by atoms with Gasteiger partial charge in [0.25, 0.3) is 0 Å². The zero-order valence-corrected chi connectivity index (χ0v) is 15.4. The van der Waals surface area contributed by atoms with Crippen LogP contribution in [0.2, 0.25) is 0 Å². The van der Waals surface area contributed by atoms with Crippen LogP contribution in [-0.2, 0) is 24.8 Å². The lowest BCUT2D eigenvalue weighted by Crippen LogP contribution is -2.40. The molecule has 1 fully saturated rings. The summed E-state index contributed by atoms with van der Waals surface area (Å²) in [5.74, 6) is 1.97. The van der Waals surface area contributed by atoms with Gasteiger partial charge in [-0.2, -0.15) is 5.10 Å². The third kappa shape index (κ3) is 3.60. The molecule has 0 aromatic carbocycles. The van der Waals surface area contributed by atoms with Crippen molar-refractivity contribution in [3.05, 3.63) is 41.5 Å². The molecular formula is C17H22N8O2. The Hall–Kier alpha value is -3.04. The molecule has 0 N–H and O–H groups in total. The summed E-state index contributed by atoms with van der Waals surface area (Å²) in [6.07, 6.45) is 5.78. The highest BCUT2D eigenvalue weighted by atomic mass is 16.6. The van der Waals surface area contributed by atoms with Crippen molar-refractivity contribution in [2.45, 2.75) is 38.6 Å². The summed E-state index contributed by atoms with van der Waals surface area (Å²) in [5, 5.41) is 20.5.